The molecule has 158 valence electrons. The first-order chi connectivity index (χ1) is 15.1. The van der Waals surface area contributed by atoms with Gasteiger partial charge in [0.05, 0.1) is 15.6 Å². The van der Waals surface area contributed by atoms with Crippen molar-refractivity contribution in [3.63, 3.8) is 0 Å². The Morgan fingerprint density at radius 3 is 2.81 bits per heavy atom. The van der Waals surface area contributed by atoms with E-state index in [-0.39, 0.29) is 11.9 Å². The summed E-state index contributed by atoms with van der Waals surface area (Å²) in [5, 5.41) is 0.916. The number of fused-ring (bicyclic) bond motifs is 1. The summed E-state index contributed by atoms with van der Waals surface area (Å²) >= 11 is 1.59. The fraction of sp³-hybridized carbons (Fsp3) is 0.333. The number of hydrogen-bond donors (Lipinski definition) is 0. The number of aromatic nitrogens is 4. The maximum atomic E-state index is 13.7. The lowest BCUT2D eigenvalue weighted by molar-refractivity contribution is 0.0608. The van der Waals surface area contributed by atoms with Gasteiger partial charge in [-0.2, -0.15) is 0 Å². The molecule has 0 unspecified atom stereocenters. The van der Waals surface area contributed by atoms with Crippen LogP contribution in [0.2, 0.25) is 0 Å². The van der Waals surface area contributed by atoms with Crippen LogP contribution in [-0.4, -0.2) is 42.7 Å². The lowest BCUT2D eigenvalue weighted by atomic mass is 9.97. The van der Waals surface area contributed by atoms with Crippen LogP contribution in [0.4, 0.5) is 0 Å². The number of imidazole rings is 1. The summed E-state index contributed by atoms with van der Waals surface area (Å²) in [7, 11) is 0. The number of benzene rings is 1. The van der Waals surface area contributed by atoms with E-state index < -0.39 is 0 Å². The van der Waals surface area contributed by atoms with Gasteiger partial charge < -0.3 is 4.90 Å². The standard InChI is InChI=1S/C24H25N5OS/c1-16-13-25-15-28-14-19(27-23(16)28)12-20-10-6-7-11-29(20)24(30)21-22(31-17(2)26-21)18-8-4-3-5-9-18/h3-5,8-9,13-15,20H,6-7,10-12H2,1-2H3/t20-/m0/s1. The summed E-state index contributed by atoms with van der Waals surface area (Å²) in [6.07, 6.45) is 9.54. The number of nitrogens with zero attached hydrogens (tertiary/aromatic N) is 5. The molecule has 0 spiro atoms. The molecule has 1 amide bonds. The van der Waals surface area contributed by atoms with Crippen molar-refractivity contribution in [3.05, 3.63) is 71.0 Å². The molecule has 5 rings (SSSR count). The van der Waals surface area contributed by atoms with Crippen LogP contribution >= 0.6 is 11.3 Å². The van der Waals surface area contributed by atoms with E-state index in [1.807, 2.05) is 65.9 Å². The molecule has 1 aromatic carbocycles. The number of amides is 1. The molecule has 0 bridgehead atoms. The van der Waals surface area contributed by atoms with Crippen LogP contribution < -0.4 is 0 Å². The highest BCUT2D eigenvalue weighted by Crippen LogP contribution is 2.32. The molecule has 1 aliphatic heterocycles. The first kappa shape index (κ1) is 19.9. The van der Waals surface area contributed by atoms with Crippen LogP contribution in [0, 0.1) is 13.8 Å². The SMILES string of the molecule is Cc1nc(C(=O)N2CCCC[C@H]2Cc2cn3cncc(C)c3n2)c(-c2ccccc2)s1. The number of carbonyl (C=O) groups is 1. The monoisotopic (exact) mass is 431 g/mol. The Balaban J connectivity index is 1.44. The molecule has 7 heteroatoms. The summed E-state index contributed by atoms with van der Waals surface area (Å²) in [6, 6.07) is 10.2. The van der Waals surface area contributed by atoms with Crippen molar-refractivity contribution in [3.8, 4) is 10.4 Å². The van der Waals surface area contributed by atoms with E-state index in [4.69, 9.17) is 4.98 Å². The smallest absolute Gasteiger partial charge is 0.274 e. The van der Waals surface area contributed by atoms with Gasteiger partial charge in [0.15, 0.2) is 0 Å². The molecule has 3 aromatic heterocycles. The molecule has 1 atom stereocenters. The summed E-state index contributed by atoms with van der Waals surface area (Å²) in [6.45, 7) is 4.75. The van der Waals surface area contributed by atoms with Gasteiger partial charge in [0.1, 0.15) is 17.7 Å². The predicted molar refractivity (Wildman–Crippen MR) is 122 cm³/mol. The third kappa shape index (κ3) is 3.85. The molecule has 0 aliphatic carbocycles. The second-order valence-electron chi connectivity index (χ2n) is 8.17. The predicted octanol–water partition coefficient (Wildman–Crippen LogP) is 4.71. The normalized spacial score (nSPS) is 16.7. The zero-order valence-electron chi connectivity index (χ0n) is 17.8. The topological polar surface area (TPSA) is 63.4 Å². The van der Waals surface area contributed by atoms with Gasteiger partial charge >= 0.3 is 0 Å². The number of hydrogen-bond acceptors (Lipinski definition) is 5. The molecule has 4 heterocycles. The number of likely N-dealkylation sites (tertiary alicyclic amines) is 1. The Kier molecular flexibility index (Phi) is 5.28. The third-order valence-electron chi connectivity index (χ3n) is 5.90. The van der Waals surface area contributed by atoms with Gasteiger partial charge in [-0.3, -0.25) is 9.20 Å². The zero-order chi connectivity index (χ0) is 21.4. The number of rotatable bonds is 4. The molecule has 0 N–H and O–H groups in total. The maximum Gasteiger partial charge on any atom is 0.274 e. The summed E-state index contributed by atoms with van der Waals surface area (Å²) in [4.78, 5) is 30.4. The summed E-state index contributed by atoms with van der Waals surface area (Å²) < 4.78 is 1.97. The molecule has 0 radical (unpaired) electrons. The fourth-order valence-corrected chi connectivity index (χ4v) is 5.33. The van der Waals surface area contributed by atoms with Gasteiger partial charge in [-0.25, -0.2) is 15.0 Å². The lowest BCUT2D eigenvalue weighted by Gasteiger charge is -2.35. The van der Waals surface area contributed by atoms with E-state index >= 15 is 0 Å². The second-order valence-corrected chi connectivity index (χ2v) is 9.37. The van der Waals surface area contributed by atoms with E-state index in [9.17, 15) is 4.79 Å². The Hall–Kier alpha value is -3.06. The molecular weight excluding hydrogens is 406 g/mol. The van der Waals surface area contributed by atoms with E-state index in [1.54, 1.807) is 17.7 Å². The summed E-state index contributed by atoms with van der Waals surface area (Å²) in [5.41, 5.74) is 4.61. The number of aryl methyl sites for hydroxylation is 2. The Morgan fingerprint density at radius 1 is 1.16 bits per heavy atom. The second kappa shape index (κ2) is 8.23. The minimum absolute atomic E-state index is 0.0366. The Morgan fingerprint density at radius 2 is 2.00 bits per heavy atom. The van der Waals surface area contributed by atoms with Crippen LogP contribution in [-0.2, 0) is 6.42 Å². The molecule has 1 aliphatic rings. The van der Waals surface area contributed by atoms with E-state index in [0.717, 1.165) is 64.6 Å². The van der Waals surface area contributed by atoms with Gasteiger partial charge in [-0.05, 0) is 38.7 Å². The van der Waals surface area contributed by atoms with Crippen molar-refractivity contribution >= 4 is 22.9 Å². The largest absolute Gasteiger partial charge is 0.334 e. The van der Waals surface area contributed by atoms with Gasteiger partial charge in [0, 0.05) is 37.0 Å². The van der Waals surface area contributed by atoms with Gasteiger partial charge in [0.2, 0.25) is 0 Å². The first-order valence-corrected chi connectivity index (χ1v) is 11.5. The van der Waals surface area contributed by atoms with Crippen molar-refractivity contribution in [2.24, 2.45) is 0 Å². The average Bonchev–Trinajstić information content (AvgIpc) is 3.38. The van der Waals surface area contributed by atoms with Crippen molar-refractivity contribution in [1.82, 2.24) is 24.3 Å². The van der Waals surface area contributed by atoms with Gasteiger partial charge in [0.25, 0.3) is 5.91 Å². The van der Waals surface area contributed by atoms with Crippen molar-refractivity contribution in [2.45, 2.75) is 45.6 Å². The van der Waals surface area contributed by atoms with Crippen LogP contribution in [0.3, 0.4) is 0 Å². The molecule has 4 aromatic rings. The van der Waals surface area contributed by atoms with Gasteiger partial charge in [-0.15, -0.1) is 11.3 Å². The molecular formula is C24H25N5OS. The highest BCUT2D eigenvalue weighted by atomic mass is 32.1. The molecule has 31 heavy (non-hydrogen) atoms. The Bertz CT molecular complexity index is 1230. The fourth-order valence-electron chi connectivity index (χ4n) is 4.41. The highest BCUT2D eigenvalue weighted by Gasteiger charge is 2.31. The van der Waals surface area contributed by atoms with Crippen LogP contribution in [0.15, 0.2) is 49.1 Å². The molecule has 1 saturated heterocycles. The van der Waals surface area contributed by atoms with Gasteiger partial charge in [-0.1, -0.05) is 30.3 Å². The third-order valence-corrected chi connectivity index (χ3v) is 6.92. The van der Waals surface area contributed by atoms with Crippen molar-refractivity contribution in [2.75, 3.05) is 6.54 Å². The van der Waals surface area contributed by atoms with Crippen molar-refractivity contribution < 1.29 is 4.79 Å². The number of carbonyl (C=O) groups excluding carboxylic acids is 1. The van der Waals surface area contributed by atoms with E-state index in [1.165, 1.54) is 0 Å². The molecule has 0 saturated carbocycles. The quantitative estimate of drug-likeness (QED) is 0.470. The van der Waals surface area contributed by atoms with Crippen LogP contribution in [0.5, 0.6) is 0 Å². The molecule has 1 fully saturated rings. The lowest BCUT2D eigenvalue weighted by Crippen LogP contribution is -2.45. The molecule has 6 nitrogen and oxygen atoms in total. The average molecular weight is 432 g/mol. The van der Waals surface area contributed by atoms with E-state index in [0.29, 0.717) is 5.69 Å². The number of thiazole rings is 1. The highest BCUT2D eigenvalue weighted by molar-refractivity contribution is 7.15. The minimum atomic E-state index is 0.0366. The zero-order valence-corrected chi connectivity index (χ0v) is 18.6. The van der Waals surface area contributed by atoms with Crippen LogP contribution in [0.25, 0.3) is 16.1 Å². The number of piperidine rings is 1. The first-order valence-electron chi connectivity index (χ1n) is 10.7. The summed E-state index contributed by atoms with van der Waals surface area (Å²) in [5.74, 6) is 0.0366. The minimum Gasteiger partial charge on any atom is -0.334 e. The van der Waals surface area contributed by atoms with Crippen molar-refractivity contribution in [1.29, 1.82) is 0 Å². The van der Waals surface area contributed by atoms with E-state index in [2.05, 4.69) is 9.97 Å². The maximum absolute atomic E-state index is 13.7. The Labute approximate surface area is 185 Å². The van der Waals surface area contributed by atoms with Crippen LogP contribution in [0.1, 0.15) is 46.0 Å².